The van der Waals surface area contributed by atoms with E-state index in [9.17, 15) is 4.79 Å². The van der Waals surface area contributed by atoms with E-state index < -0.39 is 0 Å². The van der Waals surface area contributed by atoms with Gasteiger partial charge >= 0.3 is 0 Å². The van der Waals surface area contributed by atoms with E-state index in [4.69, 9.17) is 4.74 Å². The summed E-state index contributed by atoms with van der Waals surface area (Å²) in [5.74, 6) is 1.19. The first kappa shape index (κ1) is 15.4. The van der Waals surface area contributed by atoms with E-state index in [1.54, 1.807) is 7.11 Å². The Morgan fingerprint density at radius 1 is 1.39 bits per heavy atom. The zero-order valence-corrected chi connectivity index (χ0v) is 12.3. The van der Waals surface area contributed by atoms with E-state index in [-0.39, 0.29) is 12.0 Å². The molecule has 3 unspecified atom stereocenters. The fraction of sp³-hybridized carbons (Fsp3) is 0.812. The quantitative estimate of drug-likeness (QED) is 0.527. The summed E-state index contributed by atoms with van der Waals surface area (Å²) in [5.41, 5.74) is 1.35. The van der Waals surface area contributed by atoms with Crippen molar-refractivity contribution in [2.24, 2.45) is 17.8 Å². The zero-order chi connectivity index (χ0) is 13.5. The van der Waals surface area contributed by atoms with Crippen LogP contribution in [-0.4, -0.2) is 19.5 Å². The lowest BCUT2D eigenvalue weighted by atomic mass is 9.74. The molecular formula is C16H28O2. The van der Waals surface area contributed by atoms with Crippen molar-refractivity contribution in [3.8, 4) is 0 Å². The molecule has 3 atom stereocenters. The van der Waals surface area contributed by atoms with Crippen LogP contribution in [0.1, 0.15) is 52.9 Å². The molecule has 0 spiro atoms. The van der Waals surface area contributed by atoms with Crippen LogP contribution in [0.15, 0.2) is 11.6 Å². The number of allylic oxidation sites excluding steroid dienone is 1. The van der Waals surface area contributed by atoms with Crippen LogP contribution < -0.4 is 0 Å². The molecule has 2 nitrogen and oxygen atoms in total. The minimum atomic E-state index is 0.152. The first-order valence-corrected chi connectivity index (χ1v) is 7.24. The fourth-order valence-electron chi connectivity index (χ4n) is 3.02. The Balaban J connectivity index is 2.69. The van der Waals surface area contributed by atoms with Crippen molar-refractivity contribution in [2.75, 3.05) is 7.11 Å². The number of rotatable bonds is 6. The Hall–Kier alpha value is -0.630. The van der Waals surface area contributed by atoms with Gasteiger partial charge in [-0.2, -0.15) is 0 Å². The van der Waals surface area contributed by atoms with Crippen LogP contribution in [0, 0.1) is 17.8 Å². The van der Waals surface area contributed by atoms with Gasteiger partial charge in [-0.15, -0.1) is 0 Å². The second-order valence-corrected chi connectivity index (χ2v) is 5.95. The molecule has 0 bridgehead atoms. The fourth-order valence-corrected chi connectivity index (χ4v) is 3.02. The molecule has 0 amide bonds. The number of methoxy groups -OCH3 is 1. The van der Waals surface area contributed by atoms with Crippen LogP contribution in [0.3, 0.4) is 0 Å². The van der Waals surface area contributed by atoms with Crippen molar-refractivity contribution in [1.82, 2.24) is 0 Å². The molecule has 1 saturated carbocycles. The van der Waals surface area contributed by atoms with Crippen molar-refractivity contribution < 1.29 is 9.53 Å². The van der Waals surface area contributed by atoms with Crippen molar-refractivity contribution in [2.45, 2.75) is 59.0 Å². The molecule has 0 aliphatic heterocycles. The van der Waals surface area contributed by atoms with Gasteiger partial charge in [0.2, 0.25) is 0 Å². The van der Waals surface area contributed by atoms with Crippen LogP contribution in [0.25, 0.3) is 0 Å². The van der Waals surface area contributed by atoms with Gasteiger partial charge in [0.25, 0.3) is 0 Å². The number of ether oxygens (including phenoxy) is 1. The predicted molar refractivity (Wildman–Crippen MR) is 75.5 cm³/mol. The minimum Gasteiger partial charge on any atom is -0.381 e. The van der Waals surface area contributed by atoms with E-state index in [1.807, 2.05) is 0 Å². The first-order valence-electron chi connectivity index (χ1n) is 7.24. The molecule has 1 aliphatic carbocycles. The smallest absolute Gasteiger partial charge is 0.123 e. The van der Waals surface area contributed by atoms with Gasteiger partial charge in [-0.05, 0) is 38.5 Å². The molecule has 0 saturated heterocycles. The largest absolute Gasteiger partial charge is 0.381 e. The lowest BCUT2D eigenvalue weighted by Gasteiger charge is -2.35. The van der Waals surface area contributed by atoms with E-state index in [2.05, 4.69) is 26.8 Å². The topological polar surface area (TPSA) is 26.3 Å². The van der Waals surface area contributed by atoms with Crippen LogP contribution >= 0.6 is 0 Å². The molecular weight excluding hydrogens is 224 g/mol. The molecule has 0 radical (unpaired) electrons. The Morgan fingerprint density at radius 3 is 2.67 bits per heavy atom. The summed E-state index contributed by atoms with van der Waals surface area (Å²) in [6, 6.07) is 0. The third-order valence-corrected chi connectivity index (χ3v) is 4.10. The summed E-state index contributed by atoms with van der Waals surface area (Å²) in [6.45, 7) is 6.66. The number of carbonyl (C=O) groups is 1. The monoisotopic (exact) mass is 252 g/mol. The van der Waals surface area contributed by atoms with E-state index in [0.717, 1.165) is 37.9 Å². The average Bonchev–Trinajstić information content (AvgIpc) is 2.36. The Morgan fingerprint density at radius 2 is 2.11 bits per heavy atom. The lowest BCUT2D eigenvalue weighted by molar-refractivity contribution is -0.115. The van der Waals surface area contributed by atoms with Crippen molar-refractivity contribution in [3.63, 3.8) is 0 Å². The highest BCUT2D eigenvalue weighted by molar-refractivity contribution is 5.55. The Kier molecular flexibility index (Phi) is 6.62. The summed E-state index contributed by atoms with van der Waals surface area (Å²) < 4.78 is 5.58. The number of aldehydes is 1. The molecule has 1 rings (SSSR count). The molecule has 0 aromatic heterocycles. The molecule has 18 heavy (non-hydrogen) atoms. The first-order chi connectivity index (χ1) is 8.60. The standard InChI is InChI=1S/C16H28O2/c1-12(2)7-5-8-13(3)16-14(11-17)9-6-10-15(16)18-4/h8,11-12,14-16H,5-7,9-10H2,1-4H3. The summed E-state index contributed by atoms with van der Waals surface area (Å²) in [5, 5.41) is 0. The SMILES string of the molecule is COC1CCCC(C=O)C1C(C)=CCCC(C)C. The van der Waals surface area contributed by atoms with Crippen LogP contribution in [0.2, 0.25) is 0 Å². The number of carbonyl (C=O) groups excluding carboxylic acids is 1. The second-order valence-electron chi connectivity index (χ2n) is 5.95. The van der Waals surface area contributed by atoms with Crippen LogP contribution in [-0.2, 0) is 9.53 Å². The van der Waals surface area contributed by atoms with Gasteiger partial charge in [0.1, 0.15) is 6.29 Å². The highest BCUT2D eigenvalue weighted by atomic mass is 16.5. The maximum absolute atomic E-state index is 11.2. The van der Waals surface area contributed by atoms with Crippen molar-refractivity contribution in [3.05, 3.63) is 11.6 Å². The zero-order valence-electron chi connectivity index (χ0n) is 12.3. The predicted octanol–water partition coefficient (Wildman–Crippen LogP) is 4.00. The maximum Gasteiger partial charge on any atom is 0.123 e. The number of hydrogen-bond acceptors (Lipinski definition) is 2. The van der Waals surface area contributed by atoms with E-state index in [0.29, 0.717) is 5.92 Å². The third-order valence-electron chi connectivity index (χ3n) is 4.10. The molecule has 0 N–H and O–H groups in total. The highest BCUT2D eigenvalue weighted by Crippen LogP contribution is 2.36. The van der Waals surface area contributed by atoms with Gasteiger partial charge in [0.05, 0.1) is 6.10 Å². The van der Waals surface area contributed by atoms with E-state index >= 15 is 0 Å². The summed E-state index contributed by atoms with van der Waals surface area (Å²) >= 11 is 0. The lowest BCUT2D eigenvalue weighted by Crippen LogP contribution is -2.35. The van der Waals surface area contributed by atoms with Crippen LogP contribution in [0.5, 0.6) is 0 Å². The van der Waals surface area contributed by atoms with Crippen molar-refractivity contribution >= 4 is 6.29 Å². The van der Waals surface area contributed by atoms with Gasteiger partial charge in [0, 0.05) is 18.9 Å². The molecule has 0 heterocycles. The number of hydrogen-bond donors (Lipinski definition) is 0. The summed E-state index contributed by atoms with van der Waals surface area (Å²) in [7, 11) is 1.77. The van der Waals surface area contributed by atoms with Crippen molar-refractivity contribution in [1.29, 1.82) is 0 Å². The van der Waals surface area contributed by atoms with Gasteiger partial charge in [-0.25, -0.2) is 0 Å². The van der Waals surface area contributed by atoms with Gasteiger partial charge in [-0.3, -0.25) is 0 Å². The second kappa shape index (κ2) is 7.73. The average molecular weight is 252 g/mol. The molecule has 0 aromatic carbocycles. The molecule has 0 aromatic rings. The summed E-state index contributed by atoms with van der Waals surface area (Å²) in [4.78, 5) is 11.2. The maximum atomic E-state index is 11.2. The highest BCUT2D eigenvalue weighted by Gasteiger charge is 2.34. The third kappa shape index (κ3) is 4.24. The molecule has 2 heteroatoms. The van der Waals surface area contributed by atoms with E-state index in [1.165, 1.54) is 12.0 Å². The molecule has 104 valence electrons. The molecule has 1 aliphatic rings. The van der Waals surface area contributed by atoms with Crippen LogP contribution in [0.4, 0.5) is 0 Å². The molecule has 1 fully saturated rings. The minimum absolute atomic E-state index is 0.152. The Bertz CT molecular complexity index is 281. The Labute approximate surface area is 112 Å². The van der Waals surface area contributed by atoms with Gasteiger partial charge < -0.3 is 9.53 Å². The van der Waals surface area contributed by atoms with Gasteiger partial charge in [-0.1, -0.05) is 31.9 Å². The normalized spacial score (nSPS) is 29.6. The van der Waals surface area contributed by atoms with Gasteiger partial charge in [0.15, 0.2) is 0 Å². The summed E-state index contributed by atoms with van der Waals surface area (Å²) in [6.07, 6.45) is 9.22.